The van der Waals surface area contributed by atoms with Crippen LogP contribution in [0.3, 0.4) is 0 Å². The molecule has 1 rings (SSSR count). The molecule has 0 atom stereocenters. The van der Waals surface area contributed by atoms with E-state index in [2.05, 4.69) is 18.2 Å². The number of unbranched alkanes of at least 4 members (excludes halogenated alkanes) is 12. The van der Waals surface area contributed by atoms with Gasteiger partial charge in [0.05, 0.1) is 25.2 Å². The summed E-state index contributed by atoms with van der Waals surface area (Å²) in [6.07, 6.45) is 18.2. The zero-order chi connectivity index (χ0) is 32.0. The van der Waals surface area contributed by atoms with Crippen molar-refractivity contribution in [3.63, 3.8) is 0 Å². The minimum atomic E-state index is -5.05. The molecule has 0 saturated heterocycles. The minimum absolute atomic E-state index is 0.292. The second-order valence-corrected chi connectivity index (χ2v) is 13.6. The van der Waals surface area contributed by atoms with Crippen LogP contribution in [0.25, 0.3) is 0 Å². The molecule has 0 spiro atoms. The van der Waals surface area contributed by atoms with E-state index >= 15 is 0 Å². The van der Waals surface area contributed by atoms with Gasteiger partial charge in [-0.2, -0.15) is 4.31 Å². The van der Waals surface area contributed by atoms with Gasteiger partial charge < -0.3 is 39.6 Å². The zero-order valence-electron chi connectivity index (χ0n) is 25.5. The largest absolute Gasteiger partial charge is 0.486 e. The summed E-state index contributed by atoms with van der Waals surface area (Å²) < 4.78 is 28.9. The summed E-state index contributed by atoms with van der Waals surface area (Å²) in [5.74, 6) is 0.739. The number of hydrogen-bond donors (Lipinski definition) is 7. The van der Waals surface area contributed by atoms with Gasteiger partial charge in [-0.15, -0.1) is 0 Å². The molecule has 1 aromatic rings. The van der Waals surface area contributed by atoms with Crippen LogP contribution in [0.2, 0.25) is 0 Å². The Kier molecular flexibility index (Phi) is 22.2. The van der Waals surface area contributed by atoms with E-state index < -0.39 is 26.7 Å². The van der Waals surface area contributed by atoms with Crippen molar-refractivity contribution in [2.45, 2.75) is 122 Å². The van der Waals surface area contributed by atoms with E-state index in [-0.39, 0.29) is 19.8 Å². The summed E-state index contributed by atoms with van der Waals surface area (Å²) in [4.78, 5) is 31.0. The van der Waals surface area contributed by atoms with Gasteiger partial charge in [0.25, 0.3) is 0 Å². The fourth-order valence-corrected chi connectivity index (χ4v) is 6.14. The van der Waals surface area contributed by atoms with Crippen molar-refractivity contribution in [1.29, 1.82) is 0 Å². The SMILES string of the molecule is CCCCCCCCCC(CCCCCCCCC)(Oc1ccccc1)C(CO)(CO)CO.O=P(O)(O)OP(=O)(O)O. The first-order valence-corrected chi connectivity index (χ1v) is 18.3. The zero-order valence-corrected chi connectivity index (χ0v) is 27.3. The highest BCUT2D eigenvalue weighted by atomic mass is 31.3. The molecule has 0 bridgehead atoms. The highest BCUT2D eigenvalue weighted by Crippen LogP contribution is 2.53. The van der Waals surface area contributed by atoms with Gasteiger partial charge in [0.15, 0.2) is 0 Å². The molecule has 0 aliphatic heterocycles. The van der Waals surface area contributed by atoms with E-state index in [4.69, 9.17) is 24.3 Å². The van der Waals surface area contributed by atoms with Crippen LogP contribution in [0.1, 0.15) is 117 Å². The molecule has 0 heterocycles. The predicted molar refractivity (Wildman–Crippen MR) is 164 cm³/mol. The molecular formula is C29H56O11P2. The lowest BCUT2D eigenvalue weighted by Crippen LogP contribution is -2.59. The van der Waals surface area contributed by atoms with Crippen LogP contribution in [-0.4, -0.2) is 60.3 Å². The van der Waals surface area contributed by atoms with Crippen molar-refractivity contribution in [3.05, 3.63) is 30.3 Å². The molecule has 0 saturated carbocycles. The van der Waals surface area contributed by atoms with E-state index in [1.165, 1.54) is 64.2 Å². The van der Waals surface area contributed by atoms with Crippen molar-refractivity contribution in [3.8, 4) is 5.75 Å². The number of phosphoric acid groups is 2. The van der Waals surface area contributed by atoms with Crippen LogP contribution in [-0.2, 0) is 13.4 Å². The van der Waals surface area contributed by atoms with Crippen LogP contribution >= 0.6 is 15.6 Å². The maximum Gasteiger partial charge on any atom is 0.478 e. The molecule has 0 aliphatic carbocycles. The smallest absolute Gasteiger partial charge is 0.478 e. The third kappa shape index (κ3) is 18.1. The van der Waals surface area contributed by atoms with E-state index in [1.807, 2.05) is 30.3 Å². The first-order chi connectivity index (χ1) is 19.8. The van der Waals surface area contributed by atoms with Crippen LogP contribution in [0.4, 0.5) is 0 Å². The standard InChI is InChI=1S/C29H52O4.H4O7P2/c1-3-5-7-9-11-13-18-22-29(28(24-30,25-31)26-32,33-27-20-16-15-17-21-27)23-19-14-12-10-8-6-4-2;1-8(2,3)7-9(4,5)6/h15-17,20-21,30-32H,3-14,18-19,22-26H2,1-2H3;(H2,1,2,3)(H2,4,5,6). The maximum atomic E-state index is 10.4. The number of ether oxygens (including phenoxy) is 1. The van der Waals surface area contributed by atoms with Gasteiger partial charge in [-0.25, -0.2) is 9.13 Å². The lowest BCUT2D eigenvalue weighted by molar-refractivity contribution is -0.147. The van der Waals surface area contributed by atoms with Crippen LogP contribution in [0, 0.1) is 5.41 Å². The lowest BCUT2D eigenvalue weighted by atomic mass is 9.67. The quantitative estimate of drug-likeness (QED) is 0.0498. The molecule has 0 amide bonds. The Morgan fingerprint density at radius 2 is 0.952 bits per heavy atom. The van der Waals surface area contributed by atoms with Crippen molar-refractivity contribution in [2.75, 3.05) is 19.8 Å². The average molecular weight is 643 g/mol. The molecule has 248 valence electrons. The number of benzene rings is 1. The number of hydrogen-bond acceptors (Lipinski definition) is 7. The second kappa shape index (κ2) is 22.6. The van der Waals surface area contributed by atoms with E-state index in [1.54, 1.807) is 0 Å². The Morgan fingerprint density at radius 3 is 1.26 bits per heavy atom. The summed E-state index contributed by atoms with van der Waals surface area (Å²) in [6, 6.07) is 9.71. The van der Waals surface area contributed by atoms with Crippen molar-refractivity contribution < 1.29 is 53.1 Å². The third-order valence-electron chi connectivity index (χ3n) is 7.51. The van der Waals surface area contributed by atoms with E-state index in [9.17, 15) is 24.4 Å². The predicted octanol–water partition coefficient (Wildman–Crippen LogP) is 6.24. The Morgan fingerprint density at radius 1 is 0.595 bits per heavy atom. The number of aliphatic hydroxyl groups is 3. The Balaban J connectivity index is 0.00000160. The average Bonchev–Trinajstić information content (AvgIpc) is 2.92. The molecule has 11 nitrogen and oxygen atoms in total. The first kappa shape index (κ1) is 41.2. The fraction of sp³-hybridized carbons (Fsp3) is 0.793. The Hall–Kier alpha value is -0.840. The molecule has 0 fully saturated rings. The molecule has 0 unspecified atom stereocenters. The summed E-state index contributed by atoms with van der Waals surface area (Å²) in [7, 11) is -10.1. The van der Waals surface area contributed by atoms with Gasteiger partial charge in [-0.1, -0.05) is 109 Å². The first-order valence-electron chi connectivity index (χ1n) is 15.2. The lowest BCUT2D eigenvalue weighted by Gasteiger charge is -2.48. The molecule has 13 heteroatoms. The van der Waals surface area contributed by atoms with Crippen LogP contribution in [0.15, 0.2) is 30.3 Å². The van der Waals surface area contributed by atoms with E-state index in [0.29, 0.717) is 0 Å². The molecule has 0 aliphatic rings. The van der Waals surface area contributed by atoms with Gasteiger partial charge in [0, 0.05) is 0 Å². The van der Waals surface area contributed by atoms with Gasteiger partial charge in [0.2, 0.25) is 0 Å². The molecule has 42 heavy (non-hydrogen) atoms. The number of rotatable bonds is 24. The van der Waals surface area contributed by atoms with Crippen LogP contribution < -0.4 is 4.74 Å². The van der Waals surface area contributed by atoms with Gasteiger partial charge in [-0.3, -0.25) is 0 Å². The monoisotopic (exact) mass is 642 g/mol. The highest BCUT2D eigenvalue weighted by Gasteiger charge is 2.52. The molecular weight excluding hydrogens is 586 g/mol. The Labute approximate surface area is 252 Å². The van der Waals surface area contributed by atoms with Gasteiger partial charge >= 0.3 is 15.6 Å². The van der Waals surface area contributed by atoms with E-state index in [0.717, 1.165) is 44.3 Å². The third-order valence-corrected chi connectivity index (χ3v) is 9.21. The van der Waals surface area contributed by atoms with Crippen molar-refractivity contribution in [1.82, 2.24) is 0 Å². The topological polar surface area (TPSA) is 194 Å². The number of aliphatic hydroxyl groups excluding tert-OH is 3. The van der Waals surface area contributed by atoms with Crippen molar-refractivity contribution in [2.24, 2.45) is 5.41 Å². The normalized spacial score (nSPS) is 12.6. The maximum absolute atomic E-state index is 10.4. The summed E-state index contributed by atoms with van der Waals surface area (Å²) in [5.41, 5.74) is -1.87. The molecule has 0 aromatic heterocycles. The fourth-order valence-electron chi connectivity index (χ4n) is 5.04. The summed E-state index contributed by atoms with van der Waals surface area (Å²) in [6.45, 7) is 3.59. The highest BCUT2D eigenvalue weighted by molar-refractivity contribution is 7.60. The number of para-hydroxylation sites is 1. The summed E-state index contributed by atoms with van der Waals surface area (Å²) in [5, 5.41) is 31.2. The van der Waals surface area contributed by atoms with Crippen LogP contribution in [0.5, 0.6) is 5.75 Å². The summed E-state index contributed by atoms with van der Waals surface area (Å²) >= 11 is 0. The molecule has 7 N–H and O–H groups in total. The van der Waals surface area contributed by atoms with Gasteiger partial charge in [0.1, 0.15) is 11.4 Å². The minimum Gasteiger partial charge on any atom is -0.486 e. The second-order valence-electron chi connectivity index (χ2n) is 11.0. The molecule has 1 aromatic carbocycles. The Bertz CT molecular complexity index is 823. The van der Waals surface area contributed by atoms with Gasteiger partial charge in [-0.05, 0) is 37.8 Å². The van der Waals surface area contributed by atoms with Crippen molar-refractivity contribution >= 4 is 15.6 Å². The molecule has 0 radical (unpaired) electrons.